The van der Waals surface area contributed by atoms with E-state index in [1.54, 1.807) is 0 Å². The van der Waals surface area contributed by atoms with Crippen LogP contribution >= 0.6 is 0 Å². The molecule has 1 aliphatic rings. The van der Waals surface area contributed by atoms with E-state index in [1.165, 1.54) is 18.5 Å². The van der Waals surface area contributed by atoms with Crippen molar-refractivity contribution >= 4 is 5.69 Å². The lowest BCUT2D eigenvalue weighted by Gasteiger charge is -2.40. The van der Waals surface area contributed by atoms with Crippen LogP contribution < -0.4 is 4.90 Å². The van der Waals surface area contributed by atoms with Crippen molar-refractivity contribution in [3.05, 3.63) is 30.3 Å². The highest BCUT2D eigenvalue weighted by atomic mass is 15.2. The molecule has 2 atom stereocenters. The first-order chi connectivity index (χ1) is 7.83. The summed E-state index contributed by atoms with van der Waals surface area (Å²) in [6, 6.07) is 13.3. The summed E-state index contributed by atoms with van der Waals surface area (Å²) in [4.78, 5) is 2.44. The number of hydrogen-bond donors (Lipinski definition) is 0. The van der Waals surface area contributed by atoms with Gasteiger partial charge in [-0.2, -0.15) is 5.26 Å². The Morgan fingerprint density at radius 3 is 2.81 bits per heavy atom. The summed E-state index contributed by atoms with van der Waals surface area (Å²) in [5, 5.41) is 8.82. The van der Waals surface area contributed by atoms with Gasteiger partial charge in [0.2, 0.25) is 0 Å². The summed E-state index contributed by atoms with van der Waals surface area (Å²) in [6.07, 6.45) is 3.08. The molecule has 0 radical (unpaired) electrons. The number of piperidine rings is 1. The van der Waals surface area contributed by atoms with Crippen LogP contribution in [0.3, 0.4) is 0 Å². The molecule has 0 aliphatic carbocycles. The Balaban J connectivity index is 2.13. The number of anilines is 1. The second kappa shape index (κ2) is 5.03. The van der Waals surface area contributed by atoms with Gasteiger partial charge in [-0.15, -0.1) is 0 Å². The third-order valence-electron chi connectivity index (χ3n) is 3.59. The van der Waals surface area contributed by atoms with Crippen LogP contribution in [0.1, 0.15) is 26.2 Å². The fraction of sp³-hybridized carbons (Fsp3) is 0.500. The molecule has 1 fully saturated rings. The molecule has 1 aliphatic heterocycles. The number of rotatable bonds is 2. The van der Waals surface area contributed by atoms with Crippen molar-refractivity contribution in [2.45, 2.75) is 32.2 Å². The SMILES string of the molecule is CC1C(CC#N)CCCN1c1ccccc1. The Labute approximate surface area is 97.5 Å². The molecule has 1 aromatic rings. The maximum absolute atomic E-state index is 8.82. The molecule has 0 spiro atoms. The highest BCUT2D eigenvalue weighted by Crippen LogP contribution is 2.29. The molecule has 16 heavy (non-hydrogen) atoms. The Kier molecular flexibility index (Phi) is 3.46. The van der Waals surface area contributed by atoms with Gasteiger partial charge in [0.05, 0.1) is 6.07 Å². The van der Waals surface area contributed by atoms with Gasteiger partial charge in [0, 0.05) is 24.7 Å². The molecule has 1 saturated heterocycles. The lowest BCUT2D eigenvalue weighted by atomic mass is 9.87. The molecule has 1 aromatic carbocycles. The van der Waals surface area contributed by atoms with Crippen LogP contribution in [-0.2, 0) is 0 Å². The first kappa shape index (κ1) is 11.0. The zero-order valence-electron chi connectivity index (χ0n) is 9.76. The van der Waals surface area contributed by atoms with E-state index in [0.717, 1.165) is 6.54 Å². The zero-order chi connectivity index (χ0) is 11.4. The van der Waals surface area contributed by atoms with Crippen molar-refractivity contribution in [3.8, 4) is 6.07 Å². The molecule has 2 nitrogen and oxygen atoms in total. The predicted octanol–water partition coefficient (Wildman–Crippen LogP) is 3.21. The molecule has 0 aromatic heterocycles. The van der Waals surface area contributed by atoms with Gasteiger partial charge >= 0.3 is 0 Å². The van der Waals surface area contributed by atoms with Crippen molar-refractivity contribution < 1.29 is 0 Å². The molecule has 2 unspecified atom stereocenters. The van der Waals surface area contributed by atoms with Crippen LogP contribution in [0.15, 0.2) is 30.3 Å². The van der Waals surface area contributed by atoms with Crippen molar-refractivity contribution in [1.82, 2.24) is 0 Å². The average molecular weight is 214 g/mol. The Morgan fingerprint density at radius 1 is 1.38 bits per heavy atom. The average Bonchev–Trinajstić information content (AvgIpc) is 2.33. The highest BCUT2D eigenvalue weighted by molar-refractivity contribution is 5.47. The molecule has 1 heterocycles. The van der Waals surface area contributed by atoms with Gasteiger partial charge in [-0.1, -0.05) is 18.2 Å². The predicted molar refractivity (Wildman–Crippen MR) is 66.2 cm³/mol. The van der Waals surface area contributed by atoms with E-state index >= 15 is 0 Å². The standard InChI is InChI=1S/C14H18N2/c1-12-13(9-10-15)6-5-11-16(12)14-7-3-2-4-8-14/h2-4,7-8,12-13H,5-6,9,11H2,1H3. The Hall–Kier alpha value is -1.49. The van der Waals surface area contributed by atoms with Gasteiger partial charge in [0.15, 0.2) is 0 Å². The quantitative estimate of drug-likeness (QED) is 0.756. The second-order valence-corrected chi connectivity index (χ2v) is 4.53. The maximum atomic E-state index is 8.82. The minimum absolute atomic E-state index is 0.482. The van der Waals surface area contributed by atoms with Gasteiger partial charge in [0.1, 0.15) is 0 Å². The summed E-state index contributed by atoms with van der Waals surface area (Å²) in [7, 11) is 0. The molecular formula is C14H18N2. The van der Waals surface area contributed by atoms with Crippen LogP contribution in [0.2, 0.25) is 0 Å². The van der Waals surface area contributed by atoms with Gasteiger partial charge in [-0.3, -0.25) is 0 Å². The maximum Gasteiger partial charge on any atom is 0.0625 e. The largest absolute Gasteiger partial charge is 0.369 e. The van der Waals surface area contributed by atoms with Crippen molar-refractivity contribution in [3.63, 3.8) is 0 Å². The van der Waals surface area contributed by atoms with E-state index in [2.05, 4.69) is 42.2 Å². The highest BCUT2D eigenvalue weighted by Gasteiger charge is 2.27. The number of nitrogens with zero attached hydrogens (tertiary/aromatic N) is 2. The summed E-state index contributed by atoms with van der Waals surface area (Å²) < 4.78 is 0. The van der Waals surface area contributed by atoms with Gasteiger partial charge in [0.25, 0.3) is 0 Å². The lowest BCUT2D eigenvalue weighted by Crippen LogP contribution is -2.43. The van der Waals surface area contributed by atoms with E-state index < -0.39 is 0 Å². The topological polar surface area (TPSA) is 27.0 Å². The Bertz CT molecular complexity index is 366. The first-order valence-electron chi connectivity index (χ1n) is 6.01. The van der Waals surface area contributed by atoms with Crippen LogP contribution in [-0.4, -0.2) is 12.6 Å². The van der Waals surface area contributed by atoms with Crippen molar-refractivity contribution in [1.29, 1.82) is 5.26 Å². The van der Waals surface area contributed by atoms with E-state index in [0.29, 0.717) is 18.4 Å². The van der Waals surface area contributed by atoms with Gasteiger partial charge in [-0.25, -0.2) is 0 Å². The molecular weight excluding hydrogens is 196 g/mol. The Morgan fingerprint density at radius 2 is 2.12 bits per heavy atom. The second-order valence-electron chi connectivity index (χ2n) is 4.53. The number of benzene rings is 1. The van der Waals surface area contributed by atoms with E-state index in [4.69, 9.17) is 5.26 Å². The summed E-state index contributed by atoms with van der Waals surface area (Å²) >= 11 is 0. The zero-order valence-corrected chi connectivity index (χ0v) is 9.76. The smallest absolute Gasteiger partial charge is 0.0625 e. The first-order valence-corrected chi connectivity index (χ1v) is 6.01. The summed E-state index contributed by atoms with van der Waals surface area (Å²) in [5.74, 6) is 0.527. The molecule has 0 amide bonds. The fourth-order valence-electron chi connectivity index (χ4n) is 2.60. The van der Waals surface area contributed by atoms with Crippen LogP contribution in [0.4, 0.5) is 5.69 Å². The van der Waals surface area contributed by atoms with E-state index in [1.807, 2.05) is 6.07 Å². The lowest BCUT2D eigenvalue weighted by molar-refractivity contribution is 0.343. The summed E-state index contributed by atoms with van der Waals surface area (Å²) in [5.41, 5.74) is 1.29. The van der Waals surface area contributed by atoms with E-state index in [-0.39, 0.29) is 0 Å². The van der Waals surface area contributed by atoms with Crippen LogP contribution in [0.25, 0.3) is 0 Å². The molecule has 84 valence electrons. The summed E-state index contributed by atoms with van der Waals surface area (Å²) in [6.45, 7) is 3.36. The number of nitriles is 1. The number of hydrogen-bond acceptors (Lipinski definition) is 2. The van der Waals surface area contributed by atoms with Crippen LogP contribution in [0.5, 0.6) is 0 Å². The number of para-hydroxylation sites is 1. The normalized spacial score (nSPS) is 25.1. The molecule has 0 bridgehead atoms. The molecule has 0 saturated carbocycles. The van der Waals surface area contributed by atoms with Gasteiger partial charge < -0.3 is 4.90 Å². The minimum atomic E-state index is 0.482. The van der Waals surface area contributed by atoms with E-state index in [9.17, 15) is 0 Å². The minimum Gasteiger partial charge on any atom is -0.369 e. The molecule has 2 heteroatoms. The third kappa shape index (κ3) is 2.19. The third-order valence-corrected chi connectivity index (χ3v) is 3.59. The van der Waals surface area contributed by atoms with Crippen molar-refractivity contribution in [2.75, 3.05) is 11.4 Å². The van der Waals surface area contributed by atoms with Crippen molar-refractivity contribution in [2.24, 2.45) is 5.92 Å². The van der Waals surface area contributed by atoms with Gasteiger partial charge in [-0.05, 0) is 37.8 Å². The van der Waals surface area contributed by atoms with Crippen LogP contribution in [0, 0.1) is 17.2 Å². The monoisotopic (exact) mass is 214 g/mol. The molecule has 2 rings (SSSR count). The fourth-order valence-corrected chi connectivity index (χ4v) is 2.60. The molecule has 0 N–H and O–H groups in total.